The summed E-state index contributed by atoms with van der Waals surface area (Å²) in [5, 5.41) is 6.75. The van der Waals surface area contributed by atoms with Crippen LogP contribution in [0.25, 0.3) is 0 Å². The number of fused-ring (bicyclic) bond motifs is 1. The van der Waals surface area contributed by atoms with Crippen LogP contribution in [0.5, 0.6) is 0 Å². The highest BCUT2D eigenvalue weighted by atomic mass is 32.2. The number of aromatic nitrogens is 3. The van der Waals surface area contributed by atoms with Gasteiger partial charge in [-0.15, -0.1) is 10.2 Å². The molecule has 162 valence electrons. The molecule has 3 heterocycles. The molecule has 13 heteroatoms. The van der Waals surface area contributed by atoms with Crippen molar-refractivity contribution in [1.82, 2.24) is 15.2 Å². The van der Waals surface area contributed by atoms with E-state index in [1.165, 1.54) is 34.3 Å². The Morgan fingerprint density at radius 2 is 1.93 bits per heavy atom. The summed E-state index contributed by atoms with van der Waals surface area (Å²) >= 11 is 1.18. The van der Waals surface area contributed by atoms with E-state index in [1.54, 1.807) is 26.1 Å². The minimum absolute atomic E-state index is 0.0242. The Morgan fingerprint density at radius 1 is 1.23 bits per heavy atom. The van der Waals surface area contributed by atoms with Crippen LogP contribution >= 0.6 is 11.9 Å². The van der Waals surface area contributed by atoms with E-state index < -0.39 is 29.9 Å². The predicted octanol–water partition coefficient (Wildman–Crippen LogP) is 3.94. The first-order chi connectivity index (χ1) is 14.0. The van der Waals surface area contributed by atoms with Crippen molar-refractivity contribution in [3.8, 4) is 0 Å². The zero-order valence-electron chi connectivity index (χ0n) is 15.9. The highest BCUT2D eigenvalue weighted by Crippen LogP contribution is 2.50. The third kappa shape index (κ3) is 3.61. The van der Waals surface area contributed by atoms with E-state index in [1.807, 2.05) is 0 Å². The number of carbonyl (C=O) groups is 1. The fourth-order valence-electron chi connectivity index (χ4n) is 2.90. The number of hydrogen-bond donors (Lipinski definition) is 0. The molecule has 0 aliphatic carbocycles. The molecule has 2 aromatic rings. The maximum absolute atomic E-state index is 13.8. The second-order valence-corrected chi connectivity index (χ2v) is 7.41. The molecule has 0 saturated carbocycles. The van der Waals surface area contributed by atoms with Gasteiger partial charge in [0.15, 0.2) is 12.0 Å². The lowest BCUT2D eigenvalue weighted by atomic mass is 10.2. The molecule has 0 amide bonds. The largest absolute Gasteiger partial charge is 0.464 e. The quantitative estimate of drug-likeness (QED) is 0.386. The molecular weight excluding hydrogens is 433 g/mol. The Morgan fingerprint density at radius 3 is 2.53 bits per heavy atom. The topological polar surface area (TPSA) is 71.5 Å². The summed E-state index contributed by atoms with van der Waals surface area (Å²) in [7, 11) is 2.77. The van der Waals surface area contributed by atoms with Crippen molar-refractivity contribution in [2.45, 2.75) is 25.2 Å². The van der Waals surface area contributed by atoms with Crippen LogP contribution in [-0.4, -0.2) is 47.2 Å². The summed E-state index contributed by atoms with van der Waals surface area (Å²) in [5.41, 5.74) is -1.09. The first-order valence-corrected chi connectivity index (χ1v) is 9.50. The van der Waals surface area contributed by atoms with Gasteiger partial charge >= 0.3 is 18.1 Å². The van der Waals surface area contributed by atoms with Crippen LogP contribution in [-0.2, 0) is 10.7 Å². The molecule has 0 fully saturated rings. The van der Waals surface area contributed by atoms with E-state index in [2.05, 4.69) is 19.9 Å². The standard InChI is InChI=1S/C17H16F5N5O2S/c1-4-30-27-11-8-12(16(18,19)17(20,21)22)24-25-13(11)26(2)14(27)9-6-5-7-10(23-9)15(28)29-3/h5-8,14H,4H2,1-3H3. The molecule has 2 aromatic heterocycles. The highest BCUT2D eigenvalue weighted by Gasteiger charge is 2.60. The second-order valence-electron chi connectivity index (χ2n) is 6.18. The molecule has 0 bridgehead atoms. The fraction of sp³-hybridized carbons (Fsp3) is 0.412. The van der Waals surface area contributed by atoms with E-state index in [-0.39, 0.29) is 17.2 Å². The Bertz CT molecular complexity index is 958. The molecule has 30 heavy (non-hydrogen) atoms. The van der Waals surface area contributed by atoms with Crippen LogP contribution in [0.3, 0.4) is 0 Å². The third-order valence-electron chi connectivity index (χ3n) is 4.29. The number of halogens is 5. The molecule has 1 aliphatic rings. The minimum atomic E-state index is -5.81. The summed E-state index contributed by atoms with van der Waals surface area (Å²) in [4.78, 5) is 17.6. The van der Waals surface area contributed by atoms with E-state index in [4.69, 9.17) is 0 Å². The minimum Gasteiger partial charge on any atom is -0.464 e. The van der Waals surface area contributed by atoms with Gasteiger partial charge in [0.25, 0.3) is 0 Å². The van der Waals surface area contributed by atoms with E-state index in [9.17, 15) is 26.7 Å². The molecular formula is C17H16F5N5O2S. The lowest BCUT2D eigenvalue weighted by molar-refractivity contribution is -0.291. The molecule has 1 unspecified atom stereocenters. The lowest BCUT2D eigenvalue weighted by Gasteiger charge is -2.28. The average Bonchev–Trinajstić information content (AvgIpc) is 2.98. The van der Waals surface area contributed by atoms with Crippen molar-refractivity contribution in [3.05, 3.63) is 41.3 Å². The number of methoxy groups -OCH3 is 1. The summed E-state index contributed by atoms with van der Waals surface area (Å²) in [6, 6.07) is 5.28. The Labute approximate surface area is 172 Å². The van der Waals surface area contributed by atoms with E-state index >= 15 is 0 Å². The summed E-state index contributed by atoms with van der Waals surface area (Å²) in [6.45, 7) is 1.79. The predicted molar refractivity (Wildman–Crippen MR) is 99.3 cm³/mol. The number of esters is 1. The zero-order chi connectivity index (χ0) is 22.3. The van der Waals surface area contributed by atoms with Crippen LogP contribution in [0.2, 0.25) is 0 Å². The van der Waals surface area contributed by atoms with Gasteiger partial charge in [-0.3, -0.25) is 4.31 Å². The molecule has 0 radical (unpaired) electrons. The Kier molecular flexibility index (Phi) is 5.76. The van der Waals surface area contributed by atoms with Gasteiger partial charge in [-0.05, 0) is 30.1 Å². The van der Waals surface area contributed by atoms with Gasteiger partial charge in [0.2, 0.25) is 0 Å². The van der Waals surface area contributed by atoms with Gasteiger partial charge in [-0.1, -0.05) is 13.0 Å². The van der Waals surface area contributed by atoms with Crippen molar-refractivity contribution in [1.29, 1.82) is 0 Å². The number of rotatable bonds is 5. The van der Waals surface area contributed by atoms with Crippen molar-refractivity contribution in [2.75, 3.05) is 29.1 Å². The number of anilines is 2. The molecule has 0 aromatic carbocycles. The van der Waals surface area contributed by atoms with Gasteiger partial charge in [0, 0.05) is 12.8 Å². The normalized spacial score (nSPS) is 16.6. The summed E-state index contributed by atoms with van der Waals surface area (Å²) in [6.07, 6.45) is -6.53. The monoisotopic (exact) mass is 449 g/mol. The van der Waals surface area contributed by atoms with Gasteiger partial charge in [-0.25, -0.2) is 9.78 Å². The maximum Gasteiger partial charge on any atom is 0.459 e. The van der Waals surface area contributed by atoms with Crippen molar-refractivity contribution >= 4 is 29.4 Å². The Hall–Kier alpha value is -2.70. The molecule has 0 saturated heterocycles. The molecule has 1 aliphatic heterocycles. The number of hydrogen-bond acceptors (Lipinski definition) is 8. The van der Waals surface area contributed by atoms with Crippen molar-refractivity contribution in [2.24, 2.45) is 0 Å². The zero-order valence-corrected chi connectivity index (χ0v) is 16.8. The van der Waals surface area contributed by atoms with Crippen LogP contribution in [0.15, 0.2) is 24.3 Å². The third-order valence-corrected chi connectivity index (χ3v) is 5.22. The smallest absolute Gasteiger partial charge is 0.459 e. The van der Waals surface area contributed by atoms with Gasteiger partial charge in [-0.2, -0.15) is 22.0 Å². The summed E-state index contributed by atoms with van der Waals surface area (Å²) < 4.78 is 72.2. The first kappa shape index (κ1) is 22.0. The number of pyridine rings is 1. The number of carbonyl (C=O) groups excluding carboxylic acids is 1. The molecule has 0 N–H and O–H groups in total. The maximum atomic E-state index is 13.8. The SMILES string of the molecule is CCSN1c2cc(C(F)(F)C(F)(F)F)nnc2N(C)C1c1cccc(C(=O)OC)n1. The molecule has 3 rings (SSSR count). The van der Waals surface area contributed by atoms with E-state index in [0.717, 1.165) is 0 Å². The molecule has 1 atom stereocenters. The van der Waals surface area contributed by atoms with E-state index in [0.29, 0.717) is 17.5 Å². The molecule has 0 spiro atoms. The number of ether oxygens (including phenoxy) is 1. The first-order valence-electron chi connectivity index (χ1n) is 8.56. The lowest BCUT2D eigenvalue weighted by Crippen LogP contribution is -2.34. The second kappa shape index (κ2) is 7.85. The average molecular weight is 449 g/mol. The number of nitrogens with zero attached hydrogens (tertiary/aromatic N) is 5. The van der Waals surface area contributed by atoms with Crippen molar-refractivity contribution in [3.63, 3.8) is 0 Å². The Balaban J connectivity index is 2.09. The van der Waals surface area contributed by atoms with Crippen LogP contribution in [0.1, 0.15) is 35.0 Å². The van der Waals surface area contributed by atoms with Crippen LogP contribution in [0, 0.1) is 0 Å². The number of alkyl halides is 5. The van der Waals surface area contributed by atoms with Gasteiger partial charge in [0.05, 0.1) is 18.5 Å². The van der Waals surface area contributed by atoms with Crippen LogP contribution < -0.4 is 9.21 Å². The van der Waals surface area contributed by atoms with Gasteiger partial charge < -0.3 is 9.64 Å². The van der Waals surface area contributed by atoms with Crippen LogP contribution in [0.4, 0.5) is 33.5 Å². The van der Waals surface area contributed by atoms with Crippen molar-refractivity contribution < 1.29 is 31.5 Å². The fourth-order valence-corrected chi connectivity index (χ4v) is 3.85. The molecule has 7 nitrogen and oxygen atoms in total. The van der Waals surface area contributed by atoms with Gasteiger partial charge in [0.1, 0.15) is 11.4 Å². The summed E-state index contributed by atoms with van der Waals surface area (Å²) in [5.74, 6) is -5.24. The highest BCUT2D eigenvalue weighted by molar-refractivity contribution is 8.00.